The minimum absolute atomic E-state index is 0.0813. The molecule has 0 radical (unpaired) electrons. The third kappa shape index (κ3) is 3.30. The number of rotatable bonds is 6. The number of aliphatic hydroxyl groups excluding tert-OH is 1. The van der Waals surface area contributed by atoms with E-state index in [0.717, 1.165) is 4.88 Å². The number of hydrogen-bond donors (Lipinski definition) is 2. The van der Waals surface area contributed by atoms with Crippen LogP contribution in [0.4, 0.5) is 0 Å². The Morgan fingerprint density at radius 2 is 2.41 bits per heavy atom. The summed E-state index contributed by atoms with van der Waals surface area (Å²) in [6.45, 7) is 2.08. The molecule has 2 rings (SSSR count). The minimum atomic E-state index is -0.0880. The van der Waals surface area contributed by atoms with Gasteiger partial charge in [-0.1, -0.05) is 6.07 Å². The van der Waals surface area contributed by atoms with Crippen LogP contribution in [0.1, 0.15) is 37.0 Å². The molecule has 1 amide bonds. The third-order valence-corrected chi connectivity index (χ3v) is 4.38. The van der Waals surface area contributed by atoms with Crippen molar-refractivity contribution in [2.45, 2.75) is 38.1 Å². The van der Waals surface area contributed by atoms with Gasteiger partial charge in [0, 0.05) is 17.5 Å². The Kier molecular flexibility index (Phi) is 4.18. The van der Waals surface area contributed by atoms with Crippen LogP contribution in [0.25, 0.3) is 0 Å². The Morgan fingerprint density at radius 3 is 2.94 bits per heavy atom. The second-order valence-corrected chi connectivity index (χ2v) is 5.68. The summed E-state index contributed by atoms with van der Waals surface area (Å²) in [6, 6.07) is 4.12. The standard InChI is InChI=1S/C13H19NO2S/c1-9(12-3-2-8-17-12)13(16)14-11(6-7-15)10-4-5-10/h2-3,8-11,15H,4-7H2,1H3,(H,14,16). The van der Waals surface area contributed by atoms with Gasteiger partial charge in [0.05, 0.1) is 5.92 Å². The smallest absolute Gasteiger partial charge is 0.228 e. The zero-order chi connectivity index (χ0) is 12.3. The van der Waals surface area contributed by atoms with Crippen LogP contribution in [0, 0.1) is 5.92 Å². The summed E-state index contributed by atoms with van der Waals surface area (Å²) in [4.78, 5) is 13.2. The first-order valence-corrected chi connectivity index (χ1v) is 7.05. The SMILES string of the molecule is CC(C(=O)NC(CCO)C1CC1)c1cccs1. The average molecular weight is 253 g/mol. The van der Waals surface area contributed by atoms with E-state index in [4.69, 9.17) is 5.11 Å². The van der Waals surface area contributed by atoms with Crippen LogP contribution in [0.15, 0.2) is 17.5 Å². The number of carbonyl (C=O) groups is 1. The van der Waals surface area contributed by atoms with E-state index in [1.165, 1.54) is 12.8 Å². The van der Waals surface area contributed by atoms with Gasteiger partial charge in [-0.05, 0) is 43.6 Å². The van der Waals surface area contributed by atoms with Crippen molar-refractivity contribution < 1.29 is 9.90 Å². The molecule has 1 heterocycles. The van der Waals surface area contributed by atoms with Crippen molar-refractivity contribution in [3.63, 3.8) is 0 Å². The normalized spacial score (nSPS) is 18.7. The lowest BCUT2D eigenvalue weighted by Crippen LogP contribution is -2.39. The lowest BCUT2D eigenvalue weighted by molar-refractivity contribution is -0.123. The van der Waals surface area contributed by atoms with E-state index in [1.54, 1.807) is 11.3 Å². The first kappa shape index (κ1) is 12.6. The Labute approximate surface area is 106 Å². The summed E-state index contributed by atoms with van der Waals surface area (Å²) < 4.78 is 0. The maximum absolute atomic E-state index is 12.1. The van der Waals surface area contributed by atoms with Crippen LogP contribution in [0.2, 0.25) is 0 Å². The van der Waals surface area contributed by atoms with E-state index in [1.807, 2.05) is 24.4 Å². The molecule has 1 aromatic rings. The molecule has 1 saturated carbocycles. The topological polar surface area (TPSA) is 49.3 Å². The molecule has 0 spiro atoms. The van der Waals surface area contributed by atoms with Crippen molar-refractivity contribution in [2.24, 2.45) is 5.92 Å². The number of hydrogen-bond acceptors (Lipinski definition) is 3. The van der Waals surface area contributed by atoms with Gasteiger partial charge in [-0.15, -0.1) is 11.3 Å². The fourth-order valence-corrected chi connectivity index (χ4v) is 2.82. The second kappa shape index (κ2) is 5.65. The molecule has 0 aromatic carbocycles. The average Bonchev–Trinajstić information content (AvgIpc) is 3.03. The molecule has 1 aliphatic carbocycles. The Balaban J connectivity index is 1.90. The van der Waals surface area contributed by atoms with Gasteiger partial charge in [-0.3, -0.25) is 4.79 Å². The van der Waals surface area contributed by atoms with Gasteiger partial charge in [-0.2, -0.15) is 0 Å². The minimum Gasteiger partial charge on any atom is -0.396 e. The zero-order valence-electron chi connectivity index (χ0n) is 10.1. The quantitative estimate of drug-likeness (QED) is 0.816. The summed E-state index contributed by atoms with van der Waals surface area (Å²) in [5.74, 6) is 0.578. The Hall–Kier alpha value is -0.870. The molecule has 2 N–H and O–H groups in total. The highest BCUT2D eigenvalue weighted by Gasteiger charge is 2.32. The van der Waals surface area contributed by atoms with Gasteiger partial charge in [0.2, 0.25) is 5.91 Å². The molecule has 1 aliphatic rings. The molecule has 0 aliphatic heterocycles. The highest BCUT2D eigenvalue weighted by Crippen LogP contribution is 2.34. The molecule has 0 saturated heterocycles. The lowest BCUT2D eigenvalue weighted by atomic mass is 10.1. The summed E-state index contributed by atoms with van der Waals surface area (Å²) in [5, 5.41) is 14.1. The van der Waals surface area contributed by atoms with Gasteiger partial charge in [-0.25, -0.2) is 0 Å². The predicted molar refractivity (Wildman–Crippen MR) is 69.1 cm³/mol. The fraction of sp³-hybridized carbons (Fsp3) is 0.615. The monoisotopic (exact) mass is 253 g/mol. The first-order chi connectivity index (χ1) is 8.22. The van der Waals surface area contributed by atoms with Crippen molar-refractivity contribution in [2.75, 3.05) is 6.61 Å². The summed E-state index contributed by atoms with van der Waals surface area (Å²) >= 11 is 1.61. The molecule has 4 heteroatoms. The van der Waals surface area contributed by atoms with E-state index < -0.39 is 0 Å². The summed E-state index contributed by atoms with van der Waals surface area (Å²) in [5.41, 5.74) is 0. The largest absolute Gasteiger partial charge is 0.396 e. The molecule has 1 aromatic heterocycles. The van der Waals surface area contributed by atoms with Crippen molar-refractivity contribution >= 4 is 17.2 Å². The maximum atomic E-state index is 12.1. The van der Waals surface area contributed by atoms with E-state index in [2.05, 4.69) is 5.32 Å². The van der Waals surface area contributed by atoms with E-state index >= 15 is 0 Å². The van der Waals surface area contributed by atoms with Gasteiger partial charge in [0.1, 0.15) is 0 Å². The second-order valence-electron chi connectivity index (χ2n) is 4.70. The molecule has 94 valence electrons. The van der Waals surface area contributed by atoms with Gasteiger partial charge in [0.25, 0.3) is 0 Å². The number of nitrogens with one attached hydrogen (secondary N) is 1. The van der Waals surface area contributed by atoms with Gasteiger partial charge < -0.3 is 10.4 Å². The molecular weight excluding hydrogens is 234 g/mol. The molecule has 17 heavy (non-hydrogen) atoms. The van der Waals surface area contributed by atoms with Gasteiger partial charge >= 0.3 is 0 Å². The number of amides is 1. The van der Waals surface area contributed by atoms with Crippen molar-refractivity contribution in [1.29, 1.82) is 0 Å². The summed E-state index contributed by atoms with van der Waals surface area (Å²) in [7, 11) is 0. The lowest BCUT2D eigenvalue weighted by Gasteiger charge is -2.19. The highest BCUT2D eigenvalue weighted by atomic mass is 32.1. The molecule has 3 nitrogen and oxygen atoms in total. The molecule has 2 atom stereocenters. The number of carbonyl (C=O) groups excluding carboxylic acids is 1. The van der Waals surface area contributed by atoms with Crippen molar-refractivity contribution in [3.8, 4) is 0 Å². The van der Waals surface area contributed by atoms with Crippen LogP contribution in [-0.4, -0.2) is 23.7 Å². The molecular formula is C13H19NO2S. The fourth-order valence-electron chi connectivity index (χ4n) is 2.04. The molecule has 0 bridgehead atoms. The van der Waals surface area contributed by atoms with Crippen molar-refractivity contribution in [1.82, 2.24) is 5.32 Å². The first-order valence-electron chi connectivity index (χ1n) is 6.17. The van der Waals surface area contributed by atoms with Gasteiger partial charge in [0.15, 0.2) is 0 Å². The number of aliphatic hydroxyl groups is 1. The highest BCUT2D eigenvalue weighted by molar-refractivity contribution is 7.10. The zero-order valence-corrected chi connectivity index (χ0v) is 10.9. The summed E-state index contributed by atoms with van der Waals surface area (Å²) in [6.07, 6.45) is 3.03. The van der Waals surface area contributed by atoms with Crippen LogP contribution in [0.3, 0.4) is 0 Å². The van der Waals surface area contributed by atoms with Crippen molar-refractivity contribution in [3.05, 3.63) is 22.4 Å². The van der Waals surface area contributed by atoms with E-state index in [0.29, 0.717) is 12.3 Å². The maximum Gasteiger partial charge on any atom is 0.228 e. The third-order valence-electron chi connectivity index (χ3n) is 3.32. The molecule has 1 fully saturated rings. The Bertz CT molecular complexity index is 360. The predicted octanol–water partition coefficient (Wildman–Crippen LogP) is 2.13. The van der Waals surface area contributed by atoms with Crippen LogP contribution >= 0.6 is 11.3 Å². The van der Waals surface area contributed by atoms with Crippen LogP contribution in [-0.2, 0) is 4.79 Å². The van der Waals surface area contributed by atoms with Crippen LogP contribution < -0.4 is 5.32 Å². The number of thiophene rings is 1. The van der Waals surface area contributed by atoms with E-state index in [-0.39, 0.29) is 24.5 Å². The van der Waals surface area contributed by atoms with Crippen LogP contribution in [0.5, 0.6) is 0 Å². The van der Waals surface area contributed by atoms with E-state index in [9.17, 15) is 4.79 Å². The Morgan fingerprint density at radius 1 is 1.65 bits per heavy atom. The molecule has 2 unspecified atom stereocenters.